The number of ether oxygens (including phenoxy) is 1. The molecule has 0 amide bonds. The summed E-state index contributed by atoms with van der Waals surface area (Å²) in [6.07, 6.45) is 0.674. The summed E-state index contributed by atoms with van der Waals surface area (Å²) in [6.45, 7) is -0.138. The monoisotopic (exact) mass is 409 g/mol. The zero-order valence-corrected chi connectivity index (χ0v) is 15.0. The molecule has 24 heavy (non-hydrogen) atoms. The van der Waals surface area contributed by atoms with E-state index in [1.54, 1.807) is 42.5 Å². The predicted molar refractivity (Wildman–Crippen MR) is 95.9 cm³/mol. The van der Waals surface area contributed by atoms with Crippen molar-refractivity contribution in [2.75, 3.05) is 13.2 Å². The lowest BCUT2D eigenvalue weighted by atomic mass is 10.1. The number of hydrogen-bond acceptors (Lipinski definition) is 4. The highest BCUT2D eigenvalue weighted by molar-refractivity contribution is 9.10. The minimum atomic E-state index is -3.73. The highest BCUT2D eigenvalue weighted by atomic mass is 79.9. The third kappa shape index (κ3) is 3.87. The topological polar surface area (TPSA) is 75.6 Å². The van der Waals surface area contributed by atoms with Crippen molar-refractivity contribution in [3.05, 3.63) is 69.0 Å². The molecular formula is C17H16BrNO4S. The lowest BCUT2D eigenvalue weighted by molar-refractivity contribution is 0.182. The van der Waals surface area contributed by atoms with Crippen LogP contribution in [0.15, 0.2) is 57.9 Å². The van der Waals surface area contributed by atoms with E-state index in [1.807, 2.05) is 12.1 Å². The van der Waals surface area contributed by atoms with Crippen molar-refractivity contribution < 1.29 is 18.3 Å². The molecule has 2 aromatic carbocycles. The van der Waals surface area contributed by atoms with E-state index in [2.05, 4.69) is 20.7 Å². The van der Waals surface area contributed by atoms with Gasteiger partial charge in [-0.15, -0.1) is 0 Å². The average Bonchev–Trinajstić information content (AvgIpc) is 2.59. The molecule has 0 saturated carbocycles. The summed E-state index contributed by atoms with van der Waals surface area (Å²) in [4.78, 5) is 0.133. The van der Waals surface area contributed by atoms with Gasteiger partial charge in [-0.05, 0) is 29.8 Å². The molecule has 0 spiro atoms. The molecule has 3 rings (SSSR count). The van der Waals surface area contributed by atoms with Crippen molar-refractivity contribution in [3.8, 4) is 5.75 Å². The maximum absolute atomic E-state index is 12.4. The lowest BCUT2D eigenvalue weighted by Crippen LogP contribution is -2.32. The lowest BCUT2D eigenvalue weighted by Gasteiger charge is -2.19. The van der Waals surface area contributed by atoms with Gasteiger partial charge in [0, 0.05) is 16.6 Å². The van der Waals surface area contributed by atoms with Gasteiger partial charge in [-0.2, -0.15) is 0 Å². The zero-order chi connectivity index (χ0) is 17.2. The van der Waals surface area contributed by atoms with Gasteiger partial charge in [-0.3, -0.25) is 0 Å². The molecule has 0 bridgehead atoms. The number of aliphatic hydroxyl groups excluding tert-OH is 1. The van der Waals surface area contributed by atoms with Crippen molar-refractivity contribution >= 4 is 32.0 Å². The van der Waals surface area contributed by atoms with E-state index in [0.717, 1.165) is 4.47 Å². The molecule has 7 heteroatoms. The summed E-state index contributed by atoms with van der Waals surface area (Å²) >= 11 is 3.35. The van der Waals surface area contributed by atoms with Crippen molar-refractivity contribution in [3.63, 3.8) is 0 Å². The fourth-order valence-corrected chi connectivity index (χ4v) is 3.79. The summed E-state index contributed by atoms with van der Waals surface area (Å²) in [5.41, 5.74) is 1.35. The second-order valence-corrected chi connectivity index (χ2v) is 8.10. The summed E-state index contributed by atoms with van der Waals surface area (Å²) in [5.74, 6) is 0.640. The molecule has 0 saturated heterocycles. The van der Waals surface area contributed by atoms with Crippen LogP contribution in [0.1, 0.15) is 17.2 Å². The van der Waals surface area contributed by atoms with Gasteiger partial charge in [-0.25, -0.2) is 13.1 Å². The third-order valence-electron chi connectivity index (χ3n) is 3.65. The Hall–Kier alpha value is -1.67. The van der Waals surface area contributed by atoms with Crippen LogP contribution in [0.4, 0.5) is 0 Å². The molecule has 2 N–H and O–H groups in total. The van der Waals surface area contributed by atoms with Gasteiger partial charge in [-0.1, -0.05) is 46.3 Å². The molecule has 2 aromatic rings. The third-order valence-corrected chi connectivity index (χ3v) is 5.62. The van der Waals surface area contributed by atoms with Crippen LogP contribution < -0.4 is 9.46 Å². The summed E-state index contributed by atoms with van der Waals surface area (Å²) in [7, 11) is -3.73. The molecule has 0 aliphatic carbocycles. The molecule has 0 fully saturated rings. The number of halogens is 1. The zero-order valence-electron chi connectivity index (χ0n) is 12.6. The largest absolute Gasteiger partial charge is 0.487 e. The number of fused-ring (bicyclic) bond motifs is 1. The summed E-state index contributed by atoms with van der Waals surface area (Å²) in [6, 6.07) is 14.3. The first kappa shape index (κ1) is 17.2. The van der Waals surface area contributed by atoms with Crippen LogP contribution in [-0.4, -0.2) is 26.7 Å². The minimum absolute atomic E-state index is 0.0363. The molecule has 0 unspecified atom stereocenters. The molecule has 1 aliphatic heterocycles. The smallest absolute Gasteiger partial charge is 0.240 e. The maximum atomic E-state index is 12.4. The second kappa shape index (κ2) is 7.06. The van der Waals surface area contributed by atoms with Gasteiger partial charge in [0.25, 0.3) is 0 Å². The molecule has 0 aromatic heterocycles. The molecular weight excluding hydrogens is 394 g/mol. The second-order valence-electron chi connectivity index (χ2n) is 5.36. The molecule has 5 nitrogen and oxygen atoms in total. The summed E-state index contributed by atoms with van der Waals surface area (Å²) < 4.78 is 33.6. The quantitative estimate of drug-likeness (QED) is 0.795. The molecule has 1 heterocycles. The fourth-order valence-electron chi connectivity index (χ4n) is 2.36. The van der Waals surface area contributed by atoms with Crippen LogP contribution in [0.3, 0.4) is 0 Å². The Morgan fingerprint density at radius 2 is 1.96 bits per heavy atom. The minimum Gasteiger partial charge on any atom is -0.487 e. The maximum Gasteiger partial charge on any atom is 0.240 e. The van der Waals surface area contributed by atoms with E-state index in [9.17, 15) is 13.5 Å². The highest BCUT2D eigenvalue weighted by Crippen LogP contribution is 2.30. The van der Waals surface area contributed by atoms with Gasteiger partial charge < -0.3 is 9.84 Å². The molecule has 1 atom stereocenters. The number of rotatable bonds is 5. The number of hydrogen-bond donors (Lipinski definition) is 2. The molecule has 0 radical (unpaired) electrons. The molecule has 126 valence electrons. The van der Waals surface area contributed by atoms with Crippen LogP contribution in [0, 0.1) is 0 Å². The normalized spacial score (nSPS) is 15.2. The van der Waals surface area contributed by atoms with Gasteiger partial charge in [0.2, 0.25) is 10.0 Å². The number of aliphatic hydroxyl groups is 1. The Balaban J connectivity index is 1.74. The Morgan fingerprint density at radius 3 is 2.71 bits per heavy atom. The van der Waals surface area contributed by atoms with E-state index in [0.29, 0.717) is 16.9 Å². The Kier molecular flexibility index (Phi) is 5.05. The van der Waals surface area contributed by atoms with Crippen LogP contribution in [0.25, 0.3) is 6.08 Å². The number of sulfonamides is 1. The van der Waals surface area contributed by atoms with E-state index < -0.39 is 16.1 Å². The van der Waals surface area contributed by atoms with Crippen LogP contribution >= 0.6 is 15.9 Å². The standard InChI is InChI=1S/C17H16BrNO4S/c18-14-6-7-17-13(8-14)9-15(11-23-17)24(21,22)19-10-16(20)12-4-2-1-3-5-12/h1-9,16,19-20H,10-11H2/t16-/m0/s1. The van der Waals surface area contributed by atoms with Crippen molar-refractivity contribution in [2.45, 2.75) is 6.10 Å². The van der Waals surface area contributed by atoms with Gasteiger partial charge in [0.05, 0.1) is 11.0 Å². The predicted octanol–water partition coefficient (Wildman–Crippen LogP) is 2.84. The Bertz CT molecular complexity index is 865. The van der Waals surface area contributed by atoms with Crippen molar-refractivity contribution in [1.29, 1.82) is 0 Å². The van der Waals surface area contributed by atoms with Crippen LogP contribution in [-0.2, 0) is 10.0 Å². The van der Waals surface area contributed by atoms with Crippen LogP contribution in [0.5, 0.6) is 5.75 Å². The van der Waals surface area contributed by atoms with E-state index in [1.165, 1.54) is 0 Å². The molecule has 1 aliphatic rings. The summed E-state index contributed by atoms with van der Waals surface area (Å²) in [5, 5.41) is 10.1. The average molecular weight is 410 g/mol. The van der Waals surface area contributed by atoms with Crippen molar-refractivity contribution in [2.24, 2.45) is 0 Å². The Morgan fingerprint density at radius 1 is 1.21 bits per heavy atom. The SMILES string of the molecule is O=S(=O)(NC[C@H](O)c1ccccc1)C1=Cc2cc(Br)ccc2OC1. The van der Waals surface area contributed by atoms with Gasteiger partial charge in [0.15, 0.2) is 0 Å². The van der Waals surface area contributed by atoms with E-state index in [-0.39, 0.29) is 18.1 Å². The fraction of sp³-hybridized carbons (Fsp3) is 0.176. The van der Waals surface area contributed by atoms with Gasteiger partial charge >= 0.3 is 0 Å². The first-order valence-electron chi connectivity index (χ1n) is 7.31. The first-order valence-corrected chi connectivity index (χ1v) is 9.59. The van der Waals surface area contributed by atoms with Gasteiger partial charge in [0.1, 0.15) is 12.4 Å². The number of benzene rings is 2. The highest BCUT2D eigenvalue weighted by Gasteiger charge is 2.23. The first-order chi connectivity index (χ1) is 11.5. The van der Waals surface area contributed by atoms with Crippen molar-refractivity contribution in [1.82, 2.24) is 4.72 Å². The van der Waals surface area contributed by atoms with E-state index in [4.69, 9.17) is 4.74 Å². The Labute approximate surface area is 149 Å². The number of nitrogens with one attached hydrogen (secondary N) is 1. The van der Waals surface area contributed by atoms with Crippen LogP contribution in [0.2, 0.25) is 0 Å². The van der Waals surface area contributed by atoms with E-state index >= 15 is 0 Å².